The van der Waals surface area contributed by atoms with Crippen molar-refractivity contribution in [1.82, 2.24) is 9.78 Å². The molecule has 0 aliphatic carbocycles. The minimum absolute atomic E-state index is 0.381. The van der Waals surface area contributed by atoms with E-state index in [1.807, 2.05) is 14.0 Å². The Labute approximate surface area is 122 Å². The topological polar surface area (TPSA) is 55.9 Å². The summed E-state index contributed by atoms with van der Waals surface area (Å²) >= 11 is 6.90. The molecule has 0 radical (unpaired) electrons. The van der Waals surface area contributed by atoms with Gasteiger partial charge in [-0.25, -0.2) is 0 Å². The van der Waals surface area contributed by atoms with Gasteiger partial charge in [0.25, 0.3) is 0 Å². The third-order valence-corrected chi connectivity index (χ3v) is 4.47. The molecule has 4 nitrogen and oxygen atoms in total. The van der Waals surface area contributed by atoms with Crippen LogP contribution in [0.1, 0.15) is 26.6 Å². The summed E-state index contributed by atoms with van der Waals surface area (Å²) in [5.41, 5.74) is 8.79. The lowest BCUT2D eigenvalue weighted by Crippen LogP contribution is -2.14. The van der Waals surface area contributed by atoms with Crippen LogP contribution in [0.4, 0.5) is 5.82 Å². The maximum absolute atomic E-state index is 5.77. The maximum atomic E-state index is 5.77. The Balaban J connectivity index is 2.22. The molecule has 3 N–H and O–H groups in total. The van der Waals surface area contributed by atoms with Gasteiger partial charge in [0.15, 0.2) is 0 Å². The Bertz CT molecular complexity index is 605. The van der Waals surface area contributed by atoms with Gasteiger partial charge in [0, 0.05) is 16.8 Å². The fraction of sp³-hybridized carbons (Fsp3) is 0.385. The standard InChI is InChI=1S/C13H18N4S2/c1-7-5-10(19-9(7)3)6-15-13-11(12(14)18)8(2)16-17(13)4/h5,15H,6H2,1-4H3,(H2,14,18). The highest BCUT2D eigenvalue weighted by molar-refractivity contribution is 7.80. The largest absolute Gasteiger partial charge is 0.389 e. The molecule has 0 fully saturated rings. The Kier molecular flexibility index (Phi) is 3.91. The first-order chi connectivity index (χ1) is 8.90. The fourth-order valence-corrected chi connectivity index (χ4v) is 3.30. The number of nitrogens with one attached hydrogen (secondary N) is 1. The van der Waals surface area contributed by atoms with Crippen LogP contribution in [-0.2, 0) is 13.6 Å². The van der Waals surface area contributed by atoms with Crippen molar-refractivity contribution >= 4 is 34.4 Å². The van der Waals surface area contributed by atoms with E-state index in [2.05, 4.69) is 30.3 Å². The first-order valence-corrected chi connectivity index (χ1v) is 7.25. The van der Waals surface area contributed by atoms with E-state index in [4.69, 9.17) is 18.0 Å². The fourth-order valence-electron chi connectivity index (χ4n) is 2.06. The molecule has 0 amide bonds. The summed E-state index contributed by atoms with van der Waals surface area (Å²) in [5.74, 6) is 0.883. The zero-order valence-corrected chi connectivity index (χ0v) is 13.2. The number of nitrogens with two attached hydrogens (primary N) is 1. The number of aryl methyl sites for hydroxylation is 4. The van der Waals surface area contributed by atoms with E-state index in [-0.39, 0.29) is 0 Å². The van der Waals surface area contributed by atoms with Crippen LogP contribution in [0.2, 0.25) is 0 Å². The van der Waals surface area contributed by atoms with Crippen LogP contribution < -0.4 is 11.1 Å². The summed E-state index contributed by atoms with van der Waals surface area (Å²) in [5, 5.41) is 7.74. The minimum atomic E-state index is 0.381. The first-order valence-electron chi connectivity index (χ1n) is 6.03. The Morgan fingerprint density at radius 3 is 2.68 bits per heavy atom. The van der Waals surface area contributed by atoms with Gasteiger partial charge in [0.1, 0.15) is 10.8 Å². The summed E-state index contributed by atoms with van der Waals surface area (Å²) in [7, 11) is 1.89. The van der Waals surface area contributed by atoms with E-state index in [1.54, 1.807) is 16.0 Å². The van der Waals surface area contributed by atoms with Crippen LogP contribution in [0, 0.1) is 20.8 Å². The van der Waals surface area contributed by atoms with Gasteiger partial charge in [-0.3, -0.25) is 4.68 Å². The van der Waals surface area contributed by atoms with Crippen LogP contribution in [0.3, 0.4) is 0 Å². The van der Waals surface area contributed by atoms with Crippen molar-refractivity contribution in [2.75, 3.05) is 5.32 Å². The molecule has 0 bridgehead atoms. The van der Waals surface area contributed by atoms with Crippen LogP contribution in [0.15, 0.2) is 6.07 Å². The molecule has 6 heteroatoms. The Morgan fingerprint density at radius 2 is 2.16 bits per heavy atom. The van der Waals surface area contributed by atoms with Crippen molar-refractivity contribution in [3.05, 3.63) is 32.6 Å². The second-order valence-corrected chi connectivity index (χ2v) is 6.38. The lowest BCUT2D eigenvalue weighted by atomic mass is 10.2. The third-order valence-electron chi connectivity index (χ3n) is 3.12. The SMILES string of the molecule is Cc1cc(CNc2c(C(N)=S)c(C)nn2C)sc1C. The molecular weight excluding hydrogens is 276 g/mol. The average Bonchev–Trinajstić information content (AvgIpc) is 2.76. The quantitative estimate of drug-likeness (QED) is 0.851. The van der Waals surface area contributed by atoms with Crippen LogP contribution in [0.5, 0.6) is 0 Å². The van der Waals surface area contributed by atoms with E-state index >= 15 is 0 Å². The molecule has 0 aliphatic rings. The molecule has 0 aliphatic heterocycles. The van der Waals surface area contributed by atoms with Crippen LogP contribution in [0.25, 0.3) is 0 Å². The van der Waals surface area contributed by atoms with E-state index in [0.29, 0.717) is 4.99 Å². The Hall–Kier alpha value is -1.40. The summed E-state index contributed by atoms with van der Waals surface area (Å²) in [4.78, 5) is 3.03. The highest BCUT2D eigenvalue weighted by Crippen LogP contribution is 2.23. The van der Waals surface area contributed by atoms with Crippen molar-refractivity contribution < 1.29 is 0 Å². The lowest BCUT2D eigenvalue weighted by Gasteiger charge is -2.08. The van der Waals surface area contributed by atoms with E-state index in [0.717, 1.165) is 23.6 Å². The van der Waals surface area contributed by atoms with Crippen LogP contribution >= 0.6 is 23.6 Å². The molecule has 2 aromatic rings. The Morgan fingerprint density at radius 1 is 1.47 bits per heavy atom. The molecule has 2 heterocycles. The molecule has 102 valence electrons. The van der Waals surface area contributed by atoms with Gasteiger partial charge in [-0.05, 0) is 32.4 Å². The zero-order chi connectivity index (χ0) is 14.2. The predicted octanol–water partition coefficient (Wildman–Crippen LogP) is 2.65. The zero-order valence-electron chi connectivity index (χ0n) is 11.6. The summed E-state index contributed by atoms with van der Waals surface area (Å²) in [6.45, 7) is 6.94. The number of aromatic nitrogens is 2. The second kappa shape index (κ2) is 5.30. The maximum Gasteiger partial charge on any atom is 0.134 e. The molecule has 0 saturated heterocycles. The number of rotatable bonds is 4. The molecule has 0 unspecified atom stereocenters. The molecule has 2 aromatic heterocycles. The summed E-state index contributed by atoms with van der Waals surface area (Å²) < 4.78 is 1.79. The van der Waals surface area contributed by atoms with Gasteiger partial charge in [0.05, 0.1) is 17.8 Å². The third kappa shape index (κ3) is 2.79. The number of thiophene rings is 1. The van der Waals surface area contributed by atoms with Crippen molar-refractivity contribution in [2.24, 2.45) is 12.8 Å². The van der Waals surface area contributed by atoms with Crippen molar-refractivity contribution in [2.45, 2.75) is 27.3 Å². The van der Waals surface area contributed by atoms with Crippen molar-refractivity contribution in [1.29, 1.82) is 0 Å². The first kappa shape index (κ1) is 14.0. The van der Waals surface area contributed by atoms with E-state index < -0.39 is 0 Å². The predicted molar refractivity (Wildman–Crippen MR) is 85.0 cm³/mol. The highest BCUT2D eigenvalue weighted by atomic mass is 32.1. The molecule has 0 aromatic carbocycles. The molecule has 2 rings (SSSR count). The van der Waals surface area contributed by atoms with Gasteiger partial charge < -0.3 is 11.1 Å². The number of hydrogen-bond donors (Lipinski definition) is 2. The van der Waals surface area contributed by atoms with Gasteiger partial charge in [0.2, 0.25) is 0 Å². The van der Waals surface area contributed by atoms with E-state index in [1.165, 1.54) is 15.3 Å². The van der Waals surface area contributed by atoms with Crippen molar-refractivity contribution in [3.63, 3.8) is 0 Å². The van der Waals surface area contributed by atoms with Crippen LogP contribution in [-0.4, -0.2) is 14.8 Å². The van der Waals surface area contributed by atoms with Gasteiger partial charge in [-0.2, -0.15) is 5.10 Å². The number of thiocarbonyl (C=S) groups is 1. The lowest BCUT2D eigenvalue weighted by molar-refractivity contribution is 0.758. The summed E-state index contributed by atoms with van der Waals surface area (Å²) in [6, 6.07) is 2.21. The van der Waals surface area contributed by atoms with Gasteiger partial charge in [-0.1, -0.05) is 12.2 Å². The number of nitrogens with zero attached hydrogens (tertiary/aromatic N) is 2. The molecular formula is C13H18N4S2. The van der Waals surface area contributed by atoms with Gasteiger partial charge >= 0.3 is 0 Å². The molecule has 0 spiro atoms. The molecule has 0 saturated carbocycles. The molecule has 0 atom stereocenters. The highest BCUT2D eigenvalue weighted by Gasteiger charge is 2.15. The average molecular weight is 294 g/mol. The smallest absolute Gasteiger partial charge is 0.134 e. The van der Waals surface area contributed by atoms with E-state index in [9.17, 15) is 0 Å². The number of hydrogen-bond acceptors (Lipinski definition) is 4. The number of anilines is 1. The summed E-state index contributed by atoms with van der Waals surface area (Å²) in [6.07, 6.45) is 0. The second-order valence-electron chi connectivity index (χ2n) is 4.60. The monoisotopic (exact) mass is 294 g/mol. The minimum Gasteiger partial charge on any atom is -0.389 e. The van der Waals surface area contributed by atoms with Crippen molar-refractivity contribution in [3.8, 4) is 0 Å². The molecule has 19 heavy (non-hydrogen) atoms. The normalized spacial score (nSPS) is 10.7. The van der Waals surface area contributed by atoms with Gasteiger partial charge in [-0.15, -0.1) is 11.3 Å².